The topological polar surface area (TPSA) is 95.4 Å². The number of rotatable bonds is 6. The van der Waals surface area contributed by atoms with E-state index in [2.05, 4.69) is 0 Å². The van der Waals surface area contributed by atoms with Crippen LogP contribution in [0.2, 0.25) is 0 Å². The van der Waals surface area contributed by atoms with Crippen LogP contribution in [-0.4, -0.2) is 20.8 Å². The number of thioether (sulfide) groups is 1. The van der Waals surface area contributed by atoms with E-state index in [1.165, 1.54) is 12.1 Å². The Morgan fingerprint density at radius 2 is 1.62 bits per heavy atom. The van der Waals surface area contributed by atoms with Gasteiger partial charge in [-0.2, -0.15) is 0 Å². The van der Waals surface area contributed by atoms with E-state index in [1.54, 1.807) is 23.9 Å². The van der Waals surface area contributed by atoms with E-state index in [4.69, 9.17) is 15.6 Å². The standard InChI is InChI=1S/C14H16N2O3S2/c15-11-1-5-13(6-2-11)20-10-9-19-12-3-7-14(8-4-12)21(16,17)18/h1-8H,9-10,15H2,(H2,16,17,18). The second-order valence-corrected chi connectivity index (χ2v) is 7.01. The summed E-state index contributed by atoms with van der Waals surface area (Å²) in [6.07, 6.45) is 0. The Hall–Kier alpha value is -1.70. The van der Waals surface area contributed by atoms with E-state index >= 15 is 0 Å². The summed E-state index contributed by atoms with van der Waals surface area (Å²) in [6, 6.07) is 13.7. The van der Waals surface area contributed by atoms with Crippen molar-refractivity contribution in [3.8, 4) is 5.75 Å². The highest BCUT2D eigenvalue weighted by Gasteiger charge is 2.06. The van der Waals surface area contributed by atoms with Crippen molar-refractivity contribution in [2.75, 3.05) is 18.1 Å². The first-order valence-corrected chi connectivity index (χ1v) is 8.72. The van der Waals surface area contributed by atoms with Crippen molar-refractivity contribution >= 4 is 27.5 Å². The van der Waals surface area contributed by atoms with Gasteiger partial charge in [-0.3, -0.25) is 0 Å². The largest absolute Gasteiger partial charge is 0.493 e. The smallest absolute Gasteiger partial charge is 0.238 e. The number of benzene rings is 2. The summed E-state index contributed by atoms with van der Waals surface area (Å²) >= 11 is 1.66. The molecule has 0 amide bonds. The molecule has 0 fully saturated rings. The average Bonchev–Trinajstić information content (AvgIpc) is 2.45. The summed E-state index contributed by atoms with van der Waals surface area (Å²) < 4.78 is 27.8. The minimum absolute atomic E-state index is 0.0751. The van der Waals surface area contributed by atoms with E-state index in [0.29, 0.717) is 12.4 Å². The van der Waals surface area contributed by atoms with Gasteiger partial charge in [0.05, 0.1) is 11.5 Å². The third kappa shape index (κ3) is 4.96. The molecule has 0 saturated heterocycles. The van der Waals surface area contributed by atoms with Crippen LogP contribution >= 0.6 is 11.8 Å². The minimum atomic E-state index is -3.65. The quantitative estimate of drug-likeness (QED) is 0.482. The second kappa shape index (κ2) is 6.84. The first-order valence-electron chi connectivity index (χ1n) is 6.19. The van der Waals surface area contributed by atoms with Crippen molar-refractivity contribution in [2.45, 2.75) is 9.79 Å². The lowest BCUT2D eigenvalue weighted by Crippen LogP contribution is -2.11. The van der Waals surface area contributed by atoms with E-state index in [0.717, 1.165) is 16.3 Å². The highest BCUT2D eigenvalue weighted by atomic mass is 32.2. The molecule has 0 radical (unpaired) electrons. The van der Waals surface area contributed by atoms with Gasteiger partial charge < -0.3 is 10.5 Å². The Labute approximate surface area is 128 Å². The van der Waals surface area contributed by atoms with Gasteiger partial charge in [0.2, 0.25) is 10.0 Å². The zero-order valence-corrected chi connectivity index (χ0v) is 12.9. The van der Waals surface area contributed by atoms with Crippen molar-refractivity contribution < 1.29 is 13.2 Å². The summed E-state index contributed by atoms with van der Waals surface area (Å²) in [5.74, 6) is 1.39. The summed E-state index contributed by atoms with van der Waals surface area (Å²) in [7, 11) is -3.65. The SMILES string of the molecule is Nc1ccc(SCCOc2ccc(S(N)(=O)=O)cc2)cc1. The zero-order valence-electron chi connectivity index (χ0n) is 11.2. The molecule has 2 aromatic carbocycles. The van der Waals surface area contributed by atoms with Gasteiger partial charge in [0.1, 0.15) is 5.75 Å². The Morgan fingerprint density at radius 3 is 2.19 bits per heavy atom. The van der Waals surface area contributed by atoms with E-state index in [-0.39, 0.29) is 4.90 Å². The van der Waals surface area contributed by atoms with Gasteiger partial charge in [-0.1, -0.05) is 0 Å². The molecule has 0 heterocycles. The predicted octanol–water partition coefficient (Wildman–Crippen LogP) is 2.09. The summed E-state index contributed by atoms with van der Waals surface area (Å²) in [5, 5.41) is 5.02. The molecule has 21 heavy (non-hydrogen) atoms. The lowest BCUT2D eigenvalue weighted by atomic mass is 10.3. The van der Waals surface area contributed by atoms with Crippen LogP contribution < -0.4 is 15.6 Å². The maximum absolute atomic E-state index is 11.1. The van der Waals surface area contributed by atoms with Gasteiger partial charge in [0.25, 0.3) is 0 Å². The van der Waals surface area contributed by atoms with E-state index < -0.39 is 10.0 Å². The number of hydrogen-bond donors (Lipinski definition) is 2. The highest BCUT2D eigenvalue weighted by Crippen LogP contribution is 2.20. The van der Waals surface area contributed by atoms with E-state index in [9.17, 15) is 8.42 Å². The summed E-state index contributed by atoms with van der Waals surface area (Å²) in [5.41, 5.74) is 6.36. The lowest BCUT2D eigenvalue weighted by Gasteiger charge is -2.07. The van der Waals surface area contributed by atoms with Gasteiger partial charge in [0.15, 0.2) is 0 Å². The molecule has 4 N–H and O–H groups in total. The van der Waals surface area contributed by atoms with Gasteiger partial charge in [0, 0.05) is 16.3 Å². The Morgan fingerprint density at radius 1 is 1.00 bits per heavy atom. The molecular weight excluding hydrogens is 308 g/mol. The molecule has 0 aliphatic carbocycles. The number of nitrogens with two attached hydrogens (primary N) is 2. The van der Waals surface area contributed by atoms with Crippen LogP contribution in [0, 0.1) is 0 Å². The van der Waals surface area contributed by atoms with Crippen molar-refractivity contribution in [3.63, 3.8) is 0 Å². The molecule has 112 valence electrons. The first-order chi connectivity index (χ1) is 9.95. The molecule has 0 atom stereocenters. The van der Waals surface area contributed by atoms with Gasteiger partial charge in [-0.15, -0.1) is 11.8 Å². The number of anilines is 1. The highest BCUT2D eigenvalue weighted by molar-refractivity contribution is 7.99. The monoisotopic (exact) mass is 324 g/mol. The van der Waals surface area contributed by atoms with Crippen molar-refractivity contribution in [3.05, 3.63) is 48.5 Å². The molecule has 0 spiro atoms. The van der Waals surface area contributed by atoms with Crippen LogP contribution in [-0.2, 0) is 10.0 Å². The molecule has 5 nitrogen and oxygen atoms in total. The molecule has 0 aliphatic rings. The maximum atomic E-state index is 11.1. The Balaban J connectivity index is 1.80. The normalized spacial score (nSPS) is 11.3. The van der Waals surface area contributed by atoms with Crippen LogP contribution in [0.1, 0.15) is 0 Å². The molecule has 2 rings (SSSR count). The fraction of sp³-hybridized carbons (Fsp3) is 0.143. The fourth-order valence-electron chi connectivity index (χ4n) is 1.61. The molecule has 7 heteroatoms. The first kappa shape index (κ1) is 15.7. The number of primary sulfonamides is 1. The zero-order chi connectivity index (χ0) is 15.3. The van der Waals surface area contributed by atoms with Crippen LogP contribution in [0.15, 0.2) is 58.3 Å². The molecule has 0 saturated carbocycles. The Kier molecular flexibility index (Phi) is 5.11. The fourth-order valence-corrected chi connectivity index (χ4v) is 2.85. The molecule has 0 bridgehead atoms. The van der Waals surface area contributed by atoms with Gasteiger partial charge in [-0.05, 0) is 48.5 Å². The second-order valence-electron chi connectivity index (χ2n) is 4.28. The number of hydrogen-bond acceptors (Lipinski definition) is 5. The number of sulfonamides is 1. The third-order valence-electron chi connectivity index (χ3n) is 2.65. The van der Waals surface area contributed by atoms with Crippen molar-refractivity contribution in [1.82, 2.24) is 0 Å². The molecule has 0 aromatic heterocycles. The van der Waals surface area contributed by atoms with E-state index in [1.807, 2.05) is 24.3 Å². The van der Waals surface area contributed by atoms with Gasteiger partial charge in [-0.25, -0.2) is 13.6 Å². The van der Waals surface area contributed by atoms with Crippen molar-refractivity contribution in [1.29, 1.82) is 0 Å². The minimum Gasteiger partial charge on any atom is -0.493 e. The molecule has 0 unspecified atom stereocenters. The van der Waals surface area contributed by atoms with Gasteiger partial charge >= 0.3 is 0 Å². The molecule has 0 aliphatic heterocycles. The van der Waals surface area contributed by atoms with Crippen LogP contribution in [0.5, 0.6) is 5.75 Å². The average molecular weight is 324 g/mol. The Bertz CT molecular complexity index is 683. The third-order valence-corrected chi connectivity index (χ3v) is 4.56. The van der Waals surface area contributed by atoms with Crippen LogP contribution in [0.3, 0.4) is 0 Å². The summed E-state index contributed by atoms with van der Waals surface area (Å²) in [6.45, 7) is 0.518. The molecular formula is C14H16N2O3S2. The van der Waals surface area contributed by atoms with Crippen molar-refractivity contribution in [2.24, 2.45) is 5.14 Å². The predicted molar refractivity (Wildman–Crippen MR) is 84.9 cm³/mol. The maximum Gasteiger partial charge on any atom is 0.238 e. The van der Waals surface area contributed by atoms with Crippen LogP contribution in [0.25, 0.3) is 0 Å². The number of nitrogen functional groups attached to an aromatic ring is 1. The number of ether oxygens (including phenoxy) is 1. The summed E-state index contributed by atoms with van der Waals surface area (Å²) in [4.78, 5) is 1.20. The van der Waals surface area contributed by atoms with Crippen LogP contribution in [0.4, 0.5) is 5.69 Å². The molecule has 2 aromatic rings. The lowest BCUT2D eigenvalue weighted by molar-refractivity contribution is 0.343.